The summed E-state index contributed by atoms with van der Waals surface area (Å²) in [6.07, 6.45) is 2.62. The number of carbonyl (C=O) groups is 1. The van der Waals surface area contributed by atoms with Gasteiger partial charge in [0.15, 0.2) is 11.6 Å². The molecule has 1 aromatic rings. The molecule has 1 aromatic carbocycles. The maximum atomic E-state index is 13.9. The number of benzene rings is 1. The molecule has 1 amide bonds. The fourth-order valence-corrected chi connectivity index (χ4v) is 2.76. The van der Waals surface area contributed by atoms with E-state index in [1.54, 1.807) is 17.0 Å². The Kier molecular flexibility index (Phi) is 5.17. The van der Waals surface area contributed by atoms with E-state index in [2.05, 4.69) is 12.2 Å². The Labute approximate surface area is 125 Å². The van der Waals surface area contributed by atoms with E-state index < -0.39 is 5.82 Å². The minimum atomic E-state index is -0.405. The van der Waals surface area contributed by atoms with Crippen molar-refractivity contribution in [2.24, 2.45) is 0 Å². The van der Waals surface area contributed by atoms with Crippen molar-refractivity contribution in [1.29, 1.82) is 0 Å². The predicted molar refractivity (Wildman–Crippen MR) is 79.5 cm³/mol. The number of methoxy groups -OCH3 is 1. The van der Waals surface area contributed by atoms with Crippen molar-refractivity contribution >= 4 is 5.91 Å². The molecule has 0 radical (unpaired) electrons. The van der Waals surface area contributed by atoms with Crippen LogP contribution in [0.1, 0.15) is 44.8 Å². The van der Waals surface area contributed by atoms with Crippen LogP contribution in [0.25, 0.3) is 0 Å². The van der Waals surface area contributed by atoms with Gasteiger partial charge >= 0.3 is 0 Å². The highest BCUT2D eigenvalue weighted by atomic mass is 19.1. The van der Waals surface area contributed by atoms with Gasteiger partial charge in [-0.3, -0.25) is 10.1 Å². The van der Waals surface area contributed by atoms with E-state index in [-0.39, 0.29) is 23.9 Å². The van der Waals surface area contributed by atoms with Crippen LogP contribution < -0.4 is 10.1 Å². The zero-order valence-electron chi connectivity index (χ0n) is 12.9. The molecule has 0 aromatic heterocycles. The maximum absolute atomic E-state index is 13.9. The number of ether oxygens (including phenoxy) is 1. The smallest absolute Gasteiger partial charge is 0.241 e. The van der Waals surface area contributed by atoms with Crippen molar-refractivity contribution in [3.05, 3.63) is 29.6 Å². The molecule has 2 unspecified atom stereocenters. The van der Waals surface area contributed by atoms with Gasteiger partial charge in [0.25, 0.3) is 0 Å². The summed E-state index contributed by atoms with van der Waals surface area (Å²) < 4.78 is 18.8. The first-order valence-electron chi connectivity index (χ1n) is 7.52. The molecule has 2 rings (SSSR count). The number of carbonyl (C=O) groups excluding carboxylic acids is 1. The summed E-state index contributed by atoms with van der Waals surface area (Å²) in [4.78, 5) is 14.1. The highest BCUT2D eigenvalue weighted by Crippen LogP contribution is 2.29. The van der Waals surface area contributed by atoms with Crippen LogP contribution in [-0.2, 0) is 4.79 Å². The number of hydrogen-bond donors (Lipinski definition) is 1. The summed E-state index contributed by atoms with van der Waals surface area (Å²) in [5.74, 6) is -0.0851. The predicted octanol–water partition coefficient (Wildman–Crippen LogP) is 2.84. The van der Waals surface area contributed by atoms with Crippen LogP contribution in [0.3, 0.4) is 0 Å². The van der Waals surface area contributed by atoms with Crippen LogP contribution >= 0.6 is 0 Å². The third kappa shape index (κ3) is 3.18. The molecule has 2 atom stereocenters. The third-order valence-electron chi connectivity index (χ3n) is 3.93. The van der Waals surface area contributed by atoms with Gasteiger partial charge in [0, 0.05) is 6.54 Å². The standard InChI is InChI=1S/C16H23FN2O2/c1-4-6-7-13-16(20)19(5-2)15(18-13)11-8-9-14(21-3)12(17)10-11/h8-10,13,15,18H,4-7H2,1-3H3. The normalized spacial score (nSPS) is 21.9. The molecule has 0 saturated carbocycles. The zero-order valence-corrected chi connectivity index (χ0v) is 12.9. The average molecular weight is 294 g/mol. The van der Waals surface area contributed by atoms with Crippen LogP contribution in [0.15, 0.2) is 18.2 Å². The Balaban J connectivity index is 2.21. The first-order chi connectivity index (χ1) is 10.1. The molecule has 1 aliphatic rings. The number of nitrogens with zero attached hydrogens (tertiary/aromatic N) is 1. The number of unbranched alkanes of at least 4 members (excludes halogenated alkanes) is 1. The molecule has 1 N–H and O–H groups in total. The van der Waals surface area contributed by atoms with Gasteiger partial charge in [-0.2, -0.15) is 0 Å². The molecule has 116 valence electrons. The molecule has 21 heavy (non-hydrogen) atoms. The highest BCUT2D eigenvalue weighted by Gasteiger charge is 2.38. The van der Waals surface area contributed by atoms with Crippen LogP contribution in [-0.4, -0.2) is 30.5 Å². The van der Waals surface area contributed by atoms with Crippen molar-refractivity contribution in [2.45, 2.75) is 45.3 Å². The average Bonchev–Trinajstić information content (AvgIpc) is 2.81. The number of likely N-dealkylation sites (N-methyl/N-ethyl adjacent to an activating group) is 1. The lowest BCUT2D eigenvalue weighted by Crippen LogP contribution is -2.30. The van der Waals surface area contributed by atoms with Gasteiger partial charge in [-0.25, -0.2) is 4.39 Å². The summed E-state index contributed by atoms with van der Waals surface area (Å²) >= 11 is 0. The van der Waals surface area contributed by atoms with E-state index in [1.165, 1.54) is 13.2 Å². The minimum Gasteiger partial charge on any atom is -0.494 e. The van der Waals surface area contributed by atoms with Gasteiger partial charge < -0.3 is 9.64 Å². The van der Waals surface area contributed by atoms with Gasteiger partial charge in [-0.15, -0.1) is 0 Å². The number of hydrogen-bond acceptors (Lipinski definition) is 3. The Hall–Kier alpha value is -1.62. The van der Waals surface area contributed by atoms with Gasteiger partial charge in [-0.1, -0.05) is 25.8 Å². The molecule has 1 fully saturated rings. The molecule has 0 spiro atoms. The van der Waals surface area contributed by atoms with Crippen LogP contribution in [0, 0.1) is 5.82 Å². The second-order valence-electron chi connectivity index (χ2n) is 5.28. The van der Waals surface area contributed by atoms with Crippen molar-refractivity contribution in [1.82, 2.24) is 10.2 Å². The molecule has 5 heteroatoms. The Morgan fingerprint density at radius 1 is 1.38 bits per heavy atom. The molecule has 0 bridgehead atoms. The Morgan fingerprint density at radius 3 is 2.71 bits per heavy atom. The minimum absolute atomic E-state index is 0.104. The lowest BCUT2D eigenvalue weighted by molar-refractivity contribution is -0.130. The number of nitrogens with one attached hydrogen (secondary N) is 1. The summed E-state index contributed by atoms with van der Waals surface area (Å²) in [5, 5.41) is 3.33. The van der Waals surface area contributed by atoms with E-state index in [0.29, 0.717) is 6.54 Å². The zero-order chi connectivity index (χ0) is 15.4. The maximum Gasteiger partial charge on any atom is 0.241 e. The summed E-state index contributed by atoms with van der Waals surface area (Å²) in [7, 11) is 1.44. The molecule has 1 aliphatic heterocycles. The molecule has 0 aliphatic carbocycles. The summed E-state index contributed by atoms with van der Waals surface area (Å²) in [6, 6.07) is 4.68. The van der Waals surface area contributed by atoms with Crippen molar-refractivity contribution < 1.29 is 13.9 Å². The number of rotatable bonds is 6. The Morgan fingerprint density at radius 2 is 2.14 bits per heavy atom. The number of halogens is 1. The fraction of sp³-hybridized carbons (Fsp3) is 0.562. The van der Waals surface area contributed by atoms with Gasteiger partial charge in [0.2, 0.25) is 5.91 Å². The molecule has 1 heterocycles. The lowest BCUT2D eigenvalue weighted by Gasteiger charge is -2.23. The monoisotopic (exact) mass is 294 g/mol. The SMILES string of the molecule is CCCCC1NC(c2ccc(OC)c(F)c2)N(CC)C1=O. The lowest BCUT2D eigenvalue weighted by atomic mass is 10.1. The molecule has 4 nitrogen and oxygen atoms in total. The van der Waals surface area contributed by atoms with Crippen molar-refractivity contribution in [2.75, 3.05) is 13.7 Å². The van der Waals surface area contributed by atoms with Crippen LogP contribution in [0.4, 0.5) is 4.39 Å². The third-order valence-corrected chi connectivity index (χ3v) is 3.93. The largest absolute Gasteiger partial charge is 0.494 e. The van der Waals surface area contributed by atoms with Crippen molar-refractivity contribution in [3.63, 3.8) is 0 Å². The first kappa shape index (κ1) is 15.8. The second-order valence-corrected chi connectivity index (χ2v) is 5.28. The number of amides is 1. The van der Waals surface area contributed by atoms with Crippen molar-refractivity contribution in [3.8, 4) is 5.75 Å². The molecular weight excluding hydrogens is 271 g/mol. The van der Waals surface area contributed by atoms with Crippen LogP contribution in [0.2, 0.25) is 0 Å². The Bertz CT molecular complexity index is 507. The van der Waals surface area contributed by atoms with E-state index in [0.717, 1.165) is 24.8 Å². The van der Waals surface area contributed by atoms with E-state index in [1.807, 2.05) is 6.92 Å². The highest BCUT2D eigenvalue weighted by molar-refractivity contribution is 5.84. The van der Waals surface area contributed by atoms with E-state index >= 15 is 0 Å². The quantitative estimate of drug-likeness (QED) is 0.877. The van der Waals surface area contributed by atoms with Gasteiger partial charge in [0.1, 0.15) is 6.17 Å². The molecular formula is C16H23FN2O2. The van der Waals surface area contributed by atoms with Gasteiger partial charge in [-0.05, 0) is 31.0 Å². The van der Waals surface area contributed by atoms with E-state index in [9.17, 15) is 9.18 Å². The first-order valence-corrected chi connectivity index (χ1v) is 7.52. The summed E-state index contributed by atoms with van der Waals surface area (Å²) in [6.45, 7) is 4.65. The van der Waals surface area contributed by atoms with Crippen LogP contribution in [0.5, 0.6) is 5.75 Å². The molecule has 1 saturated heterocycles. The van der Waals surface area contributed by atoms with Gasteiger partial charge in [0.05, 0.1) is 13.2 Å². The topological polar surface area (TPSA) is 41.6 Å². The fourth-order valence-electron chi connectivity index (χ4n) is 2.76. The second kappa shape index (κ2) is 6.89. The van der Waals surface area contributed by atoms with E-state index in [4.69, 9.17) is 4.74 Å². The summed E-state index contributed by atoms with van der Waals surface area (Å²) in [5.41, 5.74) is 0.752.